The van der Waals surface area contributed by atoms with Crippen molar-refractivity contribution in [1.29, 1.82) is 0 Å². The van der Waals surface area contributed by atoms with Crippen LogP contribution in [0.1, 0.15) is 49.7 Å². The Bertz CT molecular complexity index is 914. The van der Waals surface area contributed by atoms with Crippen molar-refractivity contribution in [1.82, 2.24) is 9.78 Å². The lowest BCUT2D eigenvalue weighted by Gasteiger charge is -2.33. The van der Waals surface area contributed by atoms with Gasteiger partial charge in [0, 0.05) is 31.6 Å². The number of esters is 1. The number of aromatic nitrogens is 2. The fourth-order valence-electron chi connectivity index (χ4n) is 2.70. The molecule has 9 nitrogen and oxygen atoms in total. The second-order valence-electron chi connectivity index (χ2n) is 7.26. The number of cyclic esters (lactones) is 1. The number of carbonyl (C=O) groups is 1. The number of carbonyl (C=O) groups excluding carboxylic acids is 1. The Morgan fingerprint density at radius 2 is 1.93 bits per heavy atom. The molecule has 0 atom stereocenters. The number of nitrogens with zero attached hydrogens (tertiary/aromatic N) is 2. The molecule has 1 aliphatic heterocycles. The molecule has 0 radical (unpaired) electrons. The maximum absolute atomic E-state index is 12.6. The fourth-order valence-corrected chi connectivity index (χ4v) is 2.89. The Labute approximate surface area is 173 Å². The smallest absolute Gasteiger partial charge is 0.491 e. The second-order valence-corrected chi connectivity index (χ2v) is 7.61. The van der Waals surface area contributed by atoms with Gasteiger partial charge in [0.15, 0.2) is 16.7 Å². The van der Waals surface area contributed by atoms with Crippen LogP contribution in [0.4, 0.5) is 0 Å². The van der Waals surface area contributed by atoms with Gasteiger partial charge in [0.1, 0.15) is 24.4 Å². The summed E-state index contributed by atoms with van der Waals surface area (Å²) in [6, 6.07) is 3.17. The molecule has 29 heavy (non-hydrogen) atoms. The summed E-state index contributed by atoms with van der Waals surface area (Å²) in [4.78, 5) is 12.6. The lowest BCUT2D eigenvalue weighted by atomic mass is 9.95. The van der Waals surface area contributed by atoms with Crippen LogP contribution in [0.3, 0.4) is 0 Å². The van der Waals surface area contributed by atoms with E-state index in [2.05, 4.69) is 5.10 Å². The van der Waals surface area contributed by atoms with E-state index in [0.717, 1.165) is 0 Å². The van der Waals surface area contributed by atoms with Gasteiger partial charge in [0.2, 0.25) is 5.79 Å². The first-order valence-electron chi connectivity index (χ1n) is 9.02. The van der Waals surface area contributed by atoms with Gasteiger partial charge < -0.3 is 29.0 Å². The van der Waals surface area contributed by atoms with Crippen LogP contribution < -0.4 is 14.2 Å². The van der Waals surface area contributed by atoms with Crippen LogP contribution >= 0.6 is 11.6 Å². The highest BCUT2D eigenvalue weighted by atomic mass is 35.5. The molecule has 0 unspecified atom stereocenters. The molecule has 1 aliphatic rings. The van der Waals surface area contributed by atoms with Crippen LogP contribution in [-0.4, -0.2) is 45.2 Å². The van der Waals surface area contributed by atoms with Crippen molar-refractivity contribution in [3.8, 4) is 17.2 Å². The summed E-state index contributed by atoms with van der Waals surface area (Å²) in [7, 11) is -1.68. The third-order valence-corrected chi connectivity index (χ3v) is 4.35. The number of halogens is 1. The molecule has 0 amide bonds. The molecule has 0 saturated carbocycles. The molecule has 11 heteroatoms. The van der Waals surface area contributed by atoms with Crippen LogP contribution in [0, 0.1) is 0 Å². The van der Waals surface area contributed by atoms with E-state index >= 15 is 0 Å². The van der Waals surface area contributed by atoms with Crippen LogP contribution in [0.15, 0.2) is 18.3 Å². The molecule has 0 aliphatic carbocycles. The number of benzene rings is 1. The Morgan fingerprint density at radius 3 is 2.55 bits per heavy atom. The molecule has 1 aromatic heterocycles. The van der Waals surface area contributed by atoms with E-state index in [1.54, 1.807) is 24.7 Å². The van der Waals surface area contributed by atoms with Crippen molar-refractivity contribution in [2.45, 2.75) is 46.1 Å². The Kier molecular flexibility index (Phi) is 5.97. The van der Waals surface area contributed by atoms with E-state index in [9.17, 15) is 4.79 Å². The summed E-state index contributed by atoms with van der Waals surface area (Å²) in [5.41, 5.74) is 0.699. The first kappa shape index (κ1) is 21.3. The Balaban J connectivity index is 1.91. The van der Waals surface area contributed by atoms with E-state index in [4.69, 9.17) is 40.6 Å². The van der Waals surface area contributed by atoms with Crippen molar-refractivity contribution in [3.05, 3.63) is 34.6 Å². The highest BCUT2D eigenvalue weighted by molar-refractivity contribution is 6.40. The van der Waals surface area contributed by atoms with E-state index in [-0.39, 0.29) is 35.5 Å². The maximum atomic E-state index is 12.6. The Morgan fingerprint density at radius 1 is 1.24 bits per heavy atom. The zero-order valence-corrected chi connectivity index (χ0v) is 17.3. The van der Waals surface area contributed by atoms with E-state index in [1.807, 2.05) is 13.8 Å². The highest BCUT2D eigenvalue weighted by Crippen LogP contribution is 2.44. The average Bonchev–Trinajstić information content (AvgIpc) is 2.98. The number of hydrogen-bond acceptors (Lipinski definition) is 8. The zero-order chi connectivity index (χ0) is 21.3. The van der Waals surface area contributed by atoms with Gasteiger partial charge in [-0.3, -0.25) is 4.68 Å². The molecule has 2 heterocycles. The normalized spacial score (nSPS) is 14.8. The van der Waals surface area contributed by atoms with Crippen LogP contribution in [-0.2, 0) is 11.3 Å². The van der Waals surface area contributed by atoms with Crippen molar-refractivity contribution in [2.24, 2.45) is 0 Å². The topological polar surface area (TPSA) is 112 Å². The summed E-state index contributed by atoms with van der Waals surface area (Å²) in [6.45, 7) is 6.78. The zero-order valence-electron chi connectivity index (χ0n) is 16.5. The molecule has 2 N–H and O–H groups in total. The van der Waals surface area contributed by atoms with Gasteiger partial charge in [-0.15, -0.1) is 0 Å². The minimum atomic E-state index is -1.68. The SMILES string of the molecule is CC(C)n1cc(COc2ccc(OCB(O)O)c3c2C(=O)OC(C)(C)O3)c(Cl)n1. The summed E-state index contributed by atoms with van der Waals surface area (Å²) < 4.78 is 23.9. The van der Waals surface area contributed by atoms with E-state index in [0.29, 0.717) is 10.7 Å². The van der Waals surface area contributed by atoms with Crippen LogP contribution in [0.2, 0.25) is 5.15 Å². The first-order valence-corrected chi connectivity index (χ1v) is 9.40. The summed E-state index contributed by atoms with van der Waals surface area (Å²) in [6.07, 6.45) is 1.78. The molecule has 3 rings (SSSR count). The number of ether oxygens (including phenoxy) is 4. The standard InChI is InChI=1S/C18H22BClN2O7/c1-10(2)22-7-11(16(20)21-22)8-26-12-5-6-13(27-9-19(24)25)15-14(12)17(23)29-18(3,4)28-15/h5-7,10,24-25H,8-9H2,1-4H3. The van der Waals surface area contributed by atoms with Gasteiger partial charge in [-0.1, -0.05) is 11.6 Å². The summed E-state index contributed by atoms with van der Waals surface area (Å²) >= 11 is 6.17. The quantitative estimate of drug-likeness (QED) is 0.514. The van der Waals surface area contributed by atoms with Crippen molar-refractivity contribution in [3.63, 3.8) is 0 Å². The fraction of sp³-hybridized carbons (Fsp3) is 0.444. The van der Waals surface area contributed by atoms with Crippen LogP contribution in [0.5, 0.6) is 17.2 Å². The highest BCUT2D eigenvalue weighted by Gasteiger charge is 2.38. The van der Waals surface area contributed by atoms with Gasteiger partial charge >= 0.3 is 13.1 Å². The van der Waals surface area contributed by atoms with Gasteiger partial charge in [0.05, 0.1) is 0 Å². The molecule has 0 spiro atoms. The largest absolute Gasteiger partial charge is 0.492 e. The van der Waals surface area contributed by atoms with Gasteiger partial charge in [0.25, 0.3) is 0 Å². The average molecular weight is 425 g/mol. The second kappa shape index (κ2) is 8.13. The number of fused-ring (bicyclic) bond motifs is 1. The van der Waals surface area contributed by atoms with Crippen molar-refractivity contribution < 1.29 is 33.8 Å². The molecule has 1 aromatic carbocycles. The molecular formula is C18H22BClN2O7. The lowest BCUT2D eigenvalue weighted by Crippen LogP contribution is -2.39. The van der Waals surface area contributed by atoms with Gasteiger partial charge in [-0.05, 0) is 26.0 Å². The minimum Gasteiger partial charge on any atom is -0.492 e. The summed E-state index contributed by atoms with van der Waals surface area (Å²) in [5, 5.41) is 22.6. The monoisotopic (exact) mass is 424 g/mol. The van der Waals surface area contributed by atoms with Gasteiger partial charge in [-0.2, -0.15) is 5.10 Å². The van der Waals surface area contributed by atoms with Gasteiger partial charge in [-0.25, -0.2) is 4.79 Å². The predicted molar refractivity (Wildman–Crippen MR) is 104 cm³/mol. The Hall–Kier alpha value is -2.43. The third kappa shape index (κ3) is 4.77. The number of rotatable bonds is 7. The van der Waals surface area contributed by atoms with E-state index in [1.165, 1.54) is 12.1 Å². The predicted octanol–water partition coefficient (Wildman–Crippen LogP) is 2.37. The molecule has 0 fully saturated rings. The molecule has 0 bridgehead atoms. The van der Waals surface area contributed by atoms with Crippen LogP contribution in [0.25, 0.3) is 0 Å². The van der Waals surface area contributed by atoms with Crippen molar-refractivity contribution in [2.75, 3.05) is 6.51 Å². The maximum Gasteiger partial charge on any atom is 0.491 e. The third-order valence-electron chi connectivity index (χ3n) is 4.03. The lowest BCUT2D eigenvalue weighted by molar-refractivity contribution is -0.128. The summed E-state index contributed by atoms with van der Waals surface area (Å²) in [5.74, 6) is -1.39. The first-order chi connectivity index (χ1) is 13.6. The molecular weight excluding hydrogens is 402 g/mol. The van der Waals surface area contributed by atoms with E-state index < -0.39 is 25.4 Å². The van der Waals surface area contributed by atoms with Crippen molar-refractivity contribution >= 4 is 24.7 Å². The molecule has 2 aromatic rings. The molecule has 0 saturated heterocycles. The minimum absolute atomic E-state index is 0.0432. The molecule has 156 valence electrons. The number of hydrogen-bond donors (Lipinski definition) is 2.